The molecule has 0 fully saturated rings. The summed E-state index contributed by atoms with van der Waals surface area (Å²) >= 11 is 0. The number of nitrogens with two attached hydrogens (primary N) is 1. The summed E-state index contributed by atoms with van der Waals surface area (Å²) in [6.07, 6.45) is 5.12. The summed E-state index contributed by atoms with van der Waals surface area (Å²) in [6, 6.07) is 0. The van der Waals surface area contributed by atoms with Crippen LogP contribution in [0.5, 0.6) is 0 Å². The molecular formula is C12H24N4O. The van der Waals surface area contributed by atoms with Crippen molar-refractivity contribution >= 4 is 0 Å². The number of rotatable bonds is 9. The van der Waals surface area contributed by atoms with Gasteiger partial charge in [0.1, 0.15) is 0 Å². The maximum absolute atomic E-state index is 5.58. The van der Waals surface area contributed by atoms with Crippen molar-refractivity contribution < 1.29 is 4.74 Å². The Morgan fingerprint density at radius 1 is 1.29 bits per heavy atom. The van der Waals surface area contributed by atoms with Crippen molar-refractivity contribution in [2.75, 3.05) is 20.3 Å². The molecule has 0 saturated carbocycles. The SMILES string of the molecule is CCCc1c(CCN)nnn1CCCCOC. The Morgan fingerprint density at radius 3 is 2.76 bits per heavy atom. The molecular weight excluding hydrogens is 216 g/mol. The molecule has 0 aliphatic rings. The van der Waals surface area contributed by atoms with Crippen molar-refractivity contribution in [2.45, 2.75) is 45.6 Å². The molecule has 0 unspecified atom stereocenters. The van der Waals surface area contributed by atoms with Crippen molar-refractivity contribution in [2.24, 2.45) is 5.73 Å². The number of ether oxygens (including phenoxy) is 1. The fourth-order valence-electron chi connectivity index (χ4n) is 1.90. The van der Waals surface area contributed by atoms with Crippen LogP contribution in [0.25, 0.3) is 0 Å². The molecule has 1 rings (SSSR count). The van der Waals surface area contributed by atoms with E-state index < -0.39 is 0 Å². The summed E-state index contributed by atoms with van der Waals surface area (Å²) in [6.45, 7) is 4.55. The van der Waals surface area contributed by atoms with E-state index >= 15 is 0 Å². The maximum Gasteiger partial charge on any atom is 0.0871 e. The molecule has 2 N–H and O–H groups in total. The Hall–Kier alpha value is -0.940. The molecule has 17 heavy (non-hydrogen) atoms. The number of methoxy groups -OCH3 is 1. The van der Waals surface area contributed by atoms with Gasteiger partial charge in [-0.1, -0.05) is 18.6 Å². The molecule has 5 heteroatoms. The minimum Gasteiger partial charge on any atom is -0.385 e. The van der Waals surface area contributed by atoms with Gasteiger partial charge >= 0.3 is 0 Å². The summed E-state index contributed by atoms with van der Waals surface area (Å²) in [4.78, 5) is 0. The third-order valence-corrected chi connectivity index (χ3v) is 2.75. The van der Waals surface area contributed by atoms with Crippen molar-refractivity contribution in [3.63, 3.8) is 0 Å². The second-order valence-corrected chi connectivity index (χ2v) is 4.19. The molecule has 0 aliphatic heterocycles. The zero-order valence-electron chi connectivity index (χ0n) is 11.0. The summed E-state index contributed by atoms with van der Waals surface area (Å²) < 4.78 is 7.07. The summed E-state index contributed by atoms with van der Waals surface area (Å²) in [7, 11) is 1.73. The van der Waals surface area contributed by atoms with Gasteiger partial charge in [-0.15, -0.1) is 5.10 Å². The lowest BCUT2D eigenvalue weighted by atomic mass is 10.1. The molecule has 0 amide bonds. The Kier molecular flexibility index (Phi) is 6.81. The van der Waals surface area contributed by atoms with Crippen LogP contribution in [0.3, 0.4) is 0 Å². The molecule has 0 spiro atoms. The van der Waals surface area contributed by atoms with Gasteiger partial charge in [0.15, 0.2) is 0 Å². The zero-order valence-corrected chi connectivity index (χ0v) is 11.0. The van der Waals surface area contributed by atoms with Crippen LogP contribution in [0.15, 0.2) is 0 Å². The molecule has 0 aromatic carbocycles. The highest BCUT2D eigenvalue weighted by Gasteiger charge is 2.10. The van der Waals surface area contributed by atoms with Gasteiger partial charge in [-0.05, 0) is 25.8 Å². The lowest BCUT2D eigenvalue weighted by Gasteiger charge is -2.06. The van der Waals surface area contributed by atoms with E-state index in [1.807, 2.05) is 4.68 Å². The fraction of sp³-hybridized carbons (Fsp3) is 0.833. The van der Waals surface area contributed by atoms with Crippen LogP contribution in [0.4, 0.5) is 0 Å². The third kappa shape index (κ3) is 4.44. The van der Waals surface area contributed by atoms with Crippen LogP contribution in [0, 0.1) is 0 Å². The predicted octanol–water partition coefficient (Wildman–Crippen LogP) is 1.16. The number of nitrogens with zero attached hydrogens (tertiary/aromatic N) is 3. The van der Waals surface area contributed by atoms with E-state index in [1.165, 1.54) is 5.69 Å². The van der Waals surface area contributed by atoms with Gasteiger partial charge in [-0.25, -0.2) is 4.68 Å². The molecule has 0 atom stereocenters. The molecule has 98 valence electrons. The van der Waals surface area contributed by atoms with Crippen LogP contribution in [0.2, 0.25) is 0 Å². The van der Waals surface area contributed by atoms with Gasteiger partial charge in [0.2, 0.25) is 0 Å². The number of aromatic nitrogens is 3. The predicted molar refractivity (Wildman–Crippen MR) is 67.9 cm³/mol. The summed E-state index contributed by atoms with van der Waals surface area (Å²) in [5.41, 5.74) is 7.91. The van der Waals surface area contributed by atoms with E-state index in [2.05, 4.69) is 17.2 Å². The van der Waals surface area contributed by atoms with Crippen LogP contribution >= 0.6 is 0 Å². The number of hydrogen-bond donors (Lipinski definition) is 1. The Bertz CT molecular complexity index is 311. The smallest absolute Gasteiger partial charge is 0.0871 e. The van der Waals surface area contributed by atoms with E-state index in [9.17, 15) is 0 Å². The van der Waals surface area contributed by atoms with Gasteiger partial charge in [0.05, 0.1) is 11.4 Å². The topological polar surface area (TPSA) is 66.0 Å². The number of aryl methyl sites for hydroxylation is 1. The molecule has 1 heterocycles. The molecule has 0 saturated heterocycles. The van der Waals surface area contributed by atoms with E-state index in [1.54, 1.807) is 7.11 Å². The Balaban J connectivity index is 2.56. The first kappa shape index (κ1) is 14.1. The summed E-state index contributed by atoms with van der Waals surface area (Å²) in [5, 5.41) is 8.45. The van der Waals surface area contributed by atoms with Gasteiger partial charge in [0.25, 0.3) is 0 Å². The van der Waals surface area contributed by atoms with Gasteiger partial charge in [0, 0.05) is 26.7 Å². The first-order valence-electron chi connectivity index (χ1n) is 6.43. The highest BCUT2D eigenvalue weighted by molar-refractivity contribution is 5.10. The standard InChI is InChI=1S/C12H24N4O/c1-3-6-12-11(7-8-13)14-15-16(12)9-4-5-10-17-2/h3-10,13H2,1-2H3. The monoisotopic (exact) mass is 240 g/mol. The Morgan fingerprint density at radius 2 is 2.12 bits per heavy atom. The second kappa shape index (κ2) is 8.20. The minimum absolute atomic E-state index is 0.638. The maximum atomic E-state index is 5.58. The normalized spacial score (nSPS) is 11.0. The minimum atomic E-state index is 0.638. The quantitative estimate of drug-likeness (QED) is 0.658. The van der Waals surface area contributed by atoms with E-state index in [4.69, 9.17) is 10.5 Å². The van der Waals surface area contributed by atoms with Crippen molar-refractivity contribution in [1.82, 2.24) is 15.0 Å². The van der Waals surface area contributed by atoms with Gasteiger partial charge in [-0.2, -0.15) is 0 Å². The first-order chi connectivity index (χ1) is 8.33. The van der Waals surface area contributed by atoms with Gasteiger partial charge < -0.3 is 10.5 Å². The molecule has 5 nitrogen and oxygen atoms in total. The zero-order chi connectivity index (χ0) is 12.5. The number of hydrogen-bond acceptors (Lipinski definition) is 4. The molecule has 1 aromatic rings. The molecule has 1 aromatic heterocycles. The second-order valence-electron chi connectivity index (χ2n) is 4.19. The lowest BCUT2D eigenvalue weighted by Crippen LogP contribution is -2.09. The van der Waals surface area contributed by atoms with Gasteiger partial charge in [-0.3, -0.25) is 0 Å². The third-order valence-electron chi connectivity index (χ3n) is 2.75. The lowest BCUT2D eigenvalue weighted by molar-refractivity contribution is 0.190. The van der Waals surface area contributed by atoms with E-state index in [-0.39, 0.29) is 0 Å². The van der Waals surface area contributed by atoms with Crippen molar-refractivity contribution in [1.29, 1.82) is 0 Å². The van der Waals surface area contributed by atoms with Crippen LogP contribution in [-0.4, -0.2) is 35.3 Å². The molecule has 0 bridgehead atoms. The molecule has 0 aliphatic carbocycles. The average Bonchev–Trinajstić information content (AvgIpc) is 2.69. The molecule has 0 radical (unpaired) electrons. The summed E-state index contributed by atoms with van der Waals surface area (Å²) in [5.74, 6) is 0. The number of unbranched alkanes of at least 4 members (excludes halogenated alkanes) is 1. The van der Waals surface area contributed by atoms with Crippen LogP contribution in [0.1, 0.15) is 37.6 Å². The highest BCUT2D eigenvalue weighted by Crippen LogP contribution is 2.10. The van der Waals surface area contributed by atoms with Crippen LogP contribution < -0.4 is 5.73 Å². The average molecular weight is 240 g/mol. The highest BCUT2D eigenvalue weighted by atomic mass is 16.5. The van der Waals surface area contributed by atoms with Crippen molar-refractivity contribution in [3.05, 3.63) is 11.4 Å². The van der Waals surface area contributed by atoms with Crippen LogP contribution in [-0.2, 0) is 24.1 Å². The van der Waals surface area contributed by atoms with E-state index in [0.29, 0.717) is 6.54 Å². The Labute approximate surface area is 103 Å². The van der Waals surface area contributed by atoms with E-state index in [0.717, 1.165) is 50.9 Å². The largest absolute Gasteiger partial charge is 0.385 e. The van der Waals surface area contributed by atoms with Crippen molar-refractivity contribution in [3.8, 4) is 0 Å². The first-order valence-corrected chi connectivity index (χ1v) is 6.43. The fourth-order valence-corrected chi connectivity index (χ4v) is 1.90.